The number of aromatic nitrogens is 2. The number of halogens is 1. The number of rotatable bonds is 6. The Balaban J connectivity index is 1.71. The molecule has 1 heterocycles. The van der Waals surface area contributed by atoms with Crippen molar-refractivity contribution < 1.29 is 9.13 Å². The first-order chi connectivity index (χ1) is 10.4. The van der Waals surface area contributed by atoms with Crippen molar-refractivity contribution in [1.82, 2.24) is 10.2 Å². The normalized spacial score (nSPS) is 10.7. The molecule has 2 aromatic carbocycles. The van der Waals surface area contributed by atoms with Gasteiger partial charge in [0.05, 0.1) is 11.7 Å². The van der Waals surface area contributed by atoms with Gasteiger partial charge in [-0.15, -0.1) is 0 Å². The lowest BCUT2D eigenvalue weighted by atomic mass is 10.1. The number of alkyl halides is 1. The Kier molecular flexibility index (Phi) is 4.00. The molecule has 1 aromatic heterocycles. The van der Waals surface area contributed by atoms with E-state index in [9.17, 15) is 4.39 Å². The first kappa shape index (κ1) is 13.4. The quantitative estimate of drug-likeness (QED) is 0.728. The maximum atomic E-state index is 12.1. The van der Waals surface area contributed by atoms with Gasteiger partial charge in [0.2, 0.25) is 0 Å². The third kappa shape index (κ3) is 3.13. The van der Waals surface area contributed by atoms with Crippen LogP contribution in [0.1, 0.15) is 5.56 Å². The van der Waals surface area contributed by atoms with Gasteiger partial charge in [0.25, 0.3) is 0 Å². The largest absolute Gasteiger partial charge is 0.491 e. The van der Waals surface area contributed by atoms with Gasteiger partial charge in [-0.1, -0.05) is 24.3 Å². The number of anilines is 1. The summed E-state index contributed by atoms with van der Waals surface area (Å²) in [5.74, 6) is 0.664. The molecular weight excluding hydrogens is 269 g/mol. The van der Waals surface area contributed by atoms with E-state index in [0.717, 1.165) is 22.2 Å². The summed E-state index contributed by atoms with van der Waals surface area (Å²) in [4.78, 5) is 0. The van der Waals surface area contributed by atoms with E-state index in [0.29, 0.717) is 12.3 Å². The summed E-state index contributed by atoms with van der Waals surface area (Å²) in [6.07, 6.45) is 1.81. The zero-order chi connectivity index (χ0) is 14.5. The molecule has 0 aliphatic rings. The first-order valence-corrected chi connectivity index (χ1v) is 6.80. The summed E-state index contributed by atoms with van der Waals surface area (Å²) in [7, 11) is 0. The molecule has 21 heavy (non-hydrogen) atoms. The van der Waals surface area contributed by atoms with Gasteiger partial charge in [0, 0.05) is 23.7 Å². The Morgan fingerprint density at radius 2 is 2.10 bits per heavy atom. The van der Waals surface area contributed by atoms with Crippen LogP contribution >= 0.6 is 0 Å². The van der Waals surface area contributed by atoms with Gasteiger partial charge < -0.3 is 10.1 Å². The highest BCUT2D eigenvalue weighted by atomic mass is 19.1. The maximum absolute atomic E-state index is 12.1. The minimum atomic E-state index is -0.487. The molecule has 0 atom stereocenters. The van der Waals surface area contributed by atoms with Crippen LogP contribution in [0.4, 0.5) is 10.1 Å². The Morgan fingerprint density at radius 1 is 1.19 bits per heavy atom. The van der Waals surface area contributed by atoms with Crippen LogP contribution in [0.5, 0.6) is 5.75 Å². The molecule has 0 aliphatic carbocycles. The third-order valence-corrected chi connectivity index (χ3v) is 3.23. The van der Waals surface area contributed by atoms with Crippen LogP contribution in [0.25, 0.3) is 10.9 Å². The lowest BCUT2D eigenvalue weighted by molar-refractivity contribution is 0.273. The number of hydrogen-bond donors (Lipinski definition) is 2. The van der Waals surface area contributed by atoms with E-state index in [2.05, 4.69) is 21.6 Å². The van der Waals surface area contributed by atoms with E-state index in [1.807, 2.05) is 42.6 Å². The highest BCUT2D eigenvalue weighted by Crippen LogP contribution is 2.20. The number of para-hydroxylation sites is 1. The lowest BCUT2D eigenvalue weighted by Crippen LogP contribution is -2.02. The van der Waals surface area contributed by atoms with Crippen LogP contribution in [0.15, 0.2) is 48.7 Å². The van der Waals surface area contributed by atoms with E-state index in [-0.39, 0.29) is 6.61 Å². The molecule has 0 fully saturated rings. The second kappa shape index (κ2) is 6.26. The minimum absolute atomic E-state index is 0.0803. The van der Waals surface area contributed by atoms with Gasteiger partial charge in [0.1, 0.15) is 19.0 Å². The number of H-pyrrole nitrogens is 1. The molecule has 4 nitrogen and oxygen atoms in total. The fraction of sp³-hybridized carbons (Fsp3) is 0.188. The highest BCUT2D eigenvalue weighted by Gasteiger charge is 2.03. The summed E-state index contributed by atoms with van der Waals surface area (Å²) in [5.41, 5.74) is 3.11. The highest BCUT2D eigenvalue weighted by molar-refractivity contribution is 5.81. The number of ether oxygens (including phenoxy) is 1. The Hall–Kier alpha value is -2.56. The minimum Gasteiger partial charge on any atom is -0.491 e. The number of aromatic amines is 1. The number of benzene rings is 2. The number of hydrogen-bond acceptors (Lipinski definition) is 3. The Bertz CT molecular complexity index is 726. The van der Waals surface area contributed by atoms with Gasteiger partial charge in [-0.3, -0.25) is 5.10 Å². The van der Waals surface area contributed by atoms with Gasteiger partial charge >= 0.3 is 0 Å². The average molecular weight is 285 g/mol. The standard InChI is InChI=1S/C16H16FN3O/c17-7-8-21-15-6-2-5-14(9-15)18-10-12-3-1-4-13-11-19-20-16(12)13/h1-6,9,11,18H,7-8,10H2,(H,19,20). The SMILES string of the molecule is FCCOc1cccc(NCc2cccc3cn[nH]c23)c1. The van der Waals surface area contributed by atoms with E-state index in [4.69, 9.17) is 4.74 Å². The Labute approximate surface area is 121 Å². The van der Waals surface area contributed by atoms with Crippen LogP contribution in [0, 0.1) is 0 Å². The summed E-state index contributed by atoms with van der Waals surface area (Å²) in [6.45, 7) is 0.266. The summed E-state index contributed by atoms with van der Waals surface area (Å²) in [6, 6.07) is 13.6. The average Bonchev–Trinajstić information content (AvgIpc) is 3.00. The molecular formula is C16H16FN3O. The maximum Gasteiger partial charge on any atom is 0.123 e. The second-order valence-corrected chi connectivity index (χ2v) is 4.67. The van der Waals surface area contributed by atoms with Crippen LogP contribution in [-0.4, -0.2) is 23.5 Å². The van der Waals surface area contributed by atoms with Crippen molar-refractivity contribution in [2.75, 3.05) is 18.6 Å². The summed E-state index contributed by atoms with van der Waals surface area (Å²) < 4.78 is 17.4. The number of nitrogens with zero attached hydrogens (tertiary/aromatic N) is 1. The molecule has 3 rings (SSSR count). The Morgan fingerprint density at radius 3 is 3.00 bits per heavy atom. The smallest absolute Gasteiger partial charge is 0.123 e. The van der Waals surface area contributed by atoms with Crippen molar-refractivity contribution >= 4 is 16.6 Å². The van der Waals surface area contributed by atoms with Gasteiger partial charge in [-0.05, 0) is 17.7 Å². The molecule has 0 aliphatic heterocycles. The van der Waals surface area contributed by atoms with E-state index >= 15 is 0 Å². The molecule has 0 bridgehead atoms. The van der Waals surface area contributed by atoms with E-state index in [1.165, 1.54) is 0 Å². The van der Waals surface area contributed by atoms with Crippen molar-refractivity contribution in [3.63, 3.8) is 0 Å². The zero-order valence-electron chi connectivity index (χ0n) is 11.5. The molecule has 0 saturated heterocycles. The zero-order valence-corrected chi connectivity index (χ0v) is 11.5. The molecule has 2 N–H and O–H groups in total. The summed E-state index contributed by atoms with van der Waals surface area (Å²) >= 11 is 0. The van der Waals surface area contributed by atoms with Crippen molar-refractivity contribution in [3.05, 3.63) is 54.2 Å². The molecule has 108 valence electrons. The fourth-order valence-electron chi connectivity index (χ4n) is 2.23. The van der Waals surface area contributed by atoms with E-state index in [1.54, 1.807) is 0 Å². The van der Waals surface area contributed by atoms with Crippen molar-refractivity contribution in [2.45, 2.75) is 6.54 Å². The van der Waals surface area contributed by atoms with Crippen LogP contribution in [0.3, 0.4) is 0 Å². The molecule has 0 radical (unpaired) electrons. The molecule has 0 spiro atoms. The van der Waals surface area contributed by atoms with Crippen molar-refractivity contribution in [1.29, 1.82) is 0 Å². The predicted molar refractivity (Wildman–Crippen MR) is 81.3 cm³/mol. The topological polar surface area (TPSA) is 49.9 Å². The van der Waals surface area contributed by atoms with Crippen LogP contribution < -0.4 is 10.1 Å². The van der Waals surface area contributed by atoms with Crippen LogP contribution in [-0.2, 0) is 6.54 Å². The van der Waals surface area contributed by atoms with Gasteiger partial charge in [-0.25, -0.2) is 4.39 Å². The first-order valence-electron chi connectivity index (χ1n) is 6.80. The van der Waals surface area contributed by atoms with Crippen LogP contribution in [0.2, 0.25) is 0 Å². The second-order valence-electron chi connectivity index (χ2n) is 4.67. The molecule has 0 unspecified atom stereocenters. The number of fused-ring (bicyclic) bond motifs is 1. The van der Waals surface area contributed by atoms with Gasteiger partial charge in [-0.2, -0.15) is 5.10 Å². The predicted octanol–water partition coefficient (Wildman–Crippen LogP) is 3.52. The fourth-order valence-corrected chi connectivity index (χ4v) is 2.23. The number of nitrogens with one attached hydrogen (secondary N) is 2. The van der Waals surface area contributed by atoms with Crippen molar-refractivity contribution in [3.8, 4) is 5.75 Å². The van der Waals surface area contributed by atoms with E-state index < -0.39 is 6.67 Å². The van der Waals surface area contributed by atoms with Gasteiger partial charge in [0.15, 0.2) is 0 Å². The third-order valence-electron chi connectivity index (χ3n) is 3.23. The molecule has 5 heteroatoms. The molecule has 0 amide bonds. The monoisotopic (exact) mass is 285 g/mol. The van der Waals surface area contributed by atoms with Crippen molar-refractivity contribution in [2.24, 2.45) is 0 Å². The lowest BCUT2D eigenvalue weighted by Gasteiger charge is -2.09. The molecule has 0 saturated carbocycles. The molecule has 3 aromatic rings. The summed E-state index contributed by atoms with van der Waals surface area (Å²) in [5, 5.41) is 11.5.